The van der Waals surface area contributed by atoms with Crippen LogP contribution in [-0.4, -0.2) is 22.2 Å². The third-order valence-corrected chi connectivity index (χ3v) is 3.90. The maximum Gasteiger partial charge on any atom is 0.231 e. The number of aromatic nitrogens is 2. The summed E-state index contributed by atoms with van der Waals surface area (Å²) in [5, 5.41) is 7.00. The molecule has 0 radical (unpaired) electrons. The van der Waals surface area contributed by atoms with E-state index in [1.54, 1.807) is 17.1 Å². The number of hydrogen-bond donors (Lipinski definition) is 2. The minimum atomic E-state index is -0.383. The molecule has 3 N–H and O–H groups in total. The Hall–Kier alpha value is -1.36. The van der Waals surface area contributed by atoms with Gasteiger partial charge in [0.05, 0.1) is 17.3 Å². The lowest BCUT2D eigenvalue weighted by molar-refractivity contribution is -0.125. The number of amides is 1. The Morgan fingerprint density at radius 2 is 2.11 bits per heavy atom. The van der Waals surface area contributed by atoms with E-state index >= 15 is 0 Å². The molecule has 0 aliphatic heterocycles. The van der Waals surface area contributed by atoms with E-state index in [0.717, 1.165) is 31.4 Å². The van der Waals surface area contributed by atoms with Crippen LogP contribution in [0.3, 0.4) is 0 Å². The number of nitrogens with one attached hydrogen (secondary N) is 1. The molecule has 1 amide bonds. The van der Waals surface area contributed by atoms with Gasteiger partial charge in [0.2, 0.25) is 5.91 Å². The summed E-state index contributed by atoms with van der Waals surface area (Å²) in [6.07, 6.45) is 9.88. The first-order valence-electron chi connectivity index (χ1n) is 6.66. The van der Waals surface area contributed by atoms with Gasteiger partial charge in [0, 0.05) is 19.8 Å². The number of carbonyl (C=O) groups excluding carboxylic acids is 1. The second-order valence-electron chi connectivity index (χ2n) is 5.26. The molecule has 1 saturated carbocycles. The lowest BCUT2D eigenvalue weighted by atomic mass is 9.79. The molecule has 0 unspecified atom stereocenters. The van der Waals surface area contributed by atoms with Crippen LogP contribution in [0.2, 0.25) is 0 Å². The molecule has 0 atom stereocenters. The van der Waals surface area contributed by atoms with Gasteiger partial charge in [-0.05, 0) is 12.8 Å². The van der Waals surface area contributed by atoms with Crippen LogP contribution in [0.25, 0.3) is 0 Å². The third-order valence-electron chi connectivity index (χ3n) is 3.90. The highest BCUT2D eigenvalue weighted by molar-refractivity contribution is 5.95. The van der Waals surface area contributed by atoms with Crippen LogP contribution in [0.15, 0.2) is 12.4 Å². The number of anilines is 1. The summed E-state index contributed by atoms with van der Waals surface area (Å²) in [5.74, 6) is 0.0555. The molecule has 100 valence electrons. The van der Waals surface area contributed by atoms with Crippen molar-refractivity contribution in [2.24, 2.45) is 18.2 Å². The molecule has 0 spiro atoms. The molecule has 1 aromatic rings. The summed E-state index contributed by atoms with van der Waals surface area (Å²) in [4.78, 5) is 12.5. The molecule has 5 nitrogen and oxygen atoms in total. The van der Waals surface area contributed by atoms with E-state index in [9.17, 15) is 4.79 Å². The van der Waals surface area contributed by atoms with Gasteiger partial charge in [-0.3, -0.25) is 9.48 Å². The Kier molecular flexibility index (Phi) is 4.01. The maximum atomic E-state index is 12.5. The molecular weight excluding hydrogens is 228 g/mol. The molecular formula is C13H22N4O. The normalized spacial score (nSPS) is 19.2. The van der Waals surface area contributed by atoms with Crippen molar-refractivity contribution in [3.8, 4) is 0 Å². The van der Waals surface area contributed by atoms with Gasteiger partial charge in [-0.2, -0.15) is 5.10 Å². The molecule has 1 aromatic heterocycles. The molecule has 0 bridgehead atoms. The SMILES string of the molecule is Cn1cc(NC(=O)C2(CN)CCCCCC2)cn1. The van der Waals surface area contributed by atoms with Gasteiger partial charge >= 0.3 is 0 Å². The standard InChI is InChI=1S/C13H22N4O/c1-17-9-11(8-15-17)16-12(18)13(10-14)6-4-2-3-5-7-13/h8-9H,2-7,10,14H2,1H3,(H,16,18). The zero-order valence-corrected chi connectivity index (χ0v) is 11.0. The first-order chi connectivity index (χ1) is 8.66. The quantitative estimate of drug-likeness (QED) is 0.801. The van der Waals surface area contributed by atoms with E-state index in [2.05, 4.69) is 10.4 Å². The zero-order valence-electron chi connectivity index (χ0n) is 11.0. The van der Waals surface area contributed by atoms with Crippen molar-refractivity contribution in [3.63, 3.8) is 0 Å². The summed E-state index contributed by atoms with van der Waals surface area (Å²) >= 11 is 0. The molecule has 0 aromatic carbocycles. The van der Waals surface area contributed by atoms with Crippen molar-refractivity contribution < 1.29 is 4.79 Å². The minimum Gasteiger partial charge on any atom is -0.329 e. The Bertz CT molecular complexity index is 405. The van der Waals surface area contributed by atoms with Gasteiger partial charge in [-0.15, -0.1) is 0 Å². The van der Waals surface area contributed by atoms with Gasteiger partial charge in [0.25, 0.3) is 0 Å². The first-order valence-corrected chi connectivity index (χ1v) is 6.66. The summed E-state index contributed by atoms with van der Waals surface area (Å²) in [6.45, 7) is 0.430. The van der Waals surface area contributed by atoms with Crippen molar-refractivity contribution in [1.82, 2.24) is 9.78 Å². The van der Waals surface area contributed by atoms with E-state index in [4.69, 9.17) is 5.73 Å². The van der Waals surface area contributed by atoms with Crippen molar-refractivity contribution in [2.45, 2.75) is 38.5 Å². The Morgan fingerprint density at radius 3 is 2.61 bits per heavy atom. The van der Waals surface area contributed by atoms with E-state index in [1.165, 1.54) is 12.8 Å². The average molecular weight is 250 g/mol. The van der Waals surface area contributed by atoms with Crippen LogP contribution in [-0.2, 0) is 11.8 Å². The Morgan fingerprint density at radius 1 is 1.44 bits per heavy atom. The van der Waals surface area contributed by atoms with Crippen LogP contribution < -0.4 is 11.1 Å². The Labute approximate surface area is 108 Å². The molecule has 1 heterocycles. The van der Waals surface area contributed by atoms with Crippen LogP contribution in [0.4, 0.5) is 5.69 Å². The zero-order chi connectivity index (χ0) is 13.0. The van der Waals surface area contributed by atoms with E-state index in [0.29, 0.717) is 6.54 Å². The number of nitrogens with two attached hydrogens (primary N) is 1. The van der Waals surface area contributed by atoms with Gasteiger partial charge in [-0.25, -0.2) is 0 Å². The largest absolute Gasteiger partial charge is 0.329 e. The molecule has 1 fully saturated rings. The highest BCUT2D eigenvalue weighted by Gasteiger charge is 2.37. The topological polar surface area (TPSA) is 72.9 Å². The maximum absolute atomic E-state index is 12.5. The summed E-state index contributed by atoms with van der Waals surface area (Å²) in [6, 6.07) is 0. The molecule has 5 heteroatoms. The minimum absolute atomic E-state index is 0.0555. The second-order valence-corrected chi connectivity index (χ2v) is 5.26. The van der Waals surface area contributed by atoms with Crippen LogP contribution in [0.5, 0.6) is 0 Å². The van der Waals surface area contributed by atoms with Crippen molar-refractivity contribution in [2.75, 3.05) is 11.9 Å². The monoisotopic (exact) mass is 250 g/mol. The fourth-order valence-corrected chi connectivity index (χ4v) is 2.68. The Balaban J connectivity index is 2.08. The van der Waals surface area contributed by atoms with Crippen LogP contribution >= 0.6 is 0 Å². The molecule has 0 saturated heterocycles. The van der Waals surface area contributed by atoms with Gasteiger partial charge < -0.3 is 11.1 Å². The lowest BCUT2D eigenvalue weighted by Crippen LogP contribution is -2.42. The molecule has 1 aliphatic rings. The third kappa shape index (κ3) is 2.72. The van der Waals surface area contributed by atoms with Crippen molar-refractivity contribution in [1.29, 1.82) is 0 Å². The van der Waals surface area contributed by atoms with Crippen LogP contribution in [0.1, 0.15) is 38.5 Å². The smallest absolute Gasteiger partial charge is 0.231 e. The number of nitrogens with zero attached hydrogens (tertiary/aromatic N) is 2. The van der Waals surface area contributed by atoms with Gasteiger partial charge in [0.15, 0.2) is 0 Å². The lowest BCUT2D eigenvalue weighted by Gasteiger charge is -2.29. The predicted molar refractivity (Wildman–Crippen MR) is 71.0 cm³/mol. The van der Waals surface area contributed by atoms with Crippen molar-refractivity contribution in [3.05, 3.63) is 12.4 Å². The first kappa shape index (κ1) is 13.1. The average Bonchev–Trinajstić information content (AvgIpc) is 2.65. The van der Waals surface area contributed by atoms with E-state index in [-0.39, 0.29) is 11.3 Å². The molecule has 2 rings (SSSR count). The second kappa shape index (κ2) is 5.52. The summed E-state index contributed by atoms with van der Waals surface area (Å²) < 4.78 is 1.68. The highest BCUT2D eigenvalue weighted by atomic mass is 16.2. The number of rotatable bonds is 3. The summed E-state index contributed by atoms with van der Waals surface area (Å²) in [7, 11) is 1.83. The fourth-order valence-electron chi connectivity index (χ4n) is 2.68. The highest BCUT2D eigenvalue weighted by Crippen LogP contribution is 2.35. The number of carbonyl (C=O) groups is 1. The fraction of sp³-hybridized carbons (Fsp3) is 0.692. The predicted octanol–water partition coefficient (Wildman–Crippen LogP) is 1.66. The van der Waals surface area contributed by atoms with Gasteiger partial charge in [0.1, 0.15) is 0 Å². The van der Waals surface area contributed by atoms with Crippen molar-refractivity contribution >= 4 is 11.6 Å². The number of aryl methyl sites for hydroxylation is 1. The molecule has 18 heavy (non-hydrogen) atoms. The van der Waals surface area contributed by atoms with Crippen LogP contribution in [0, 0.1) is 5.41 Å². The van der Waals surface area contributed by atoms with E-state index in [1.807, 2.05) is 7.05 Å². The van der Waals surface area contributed by atoms with E-state index < -0.39 is 0 Å². The number of hydrogen-bond acceptors (Lipinski definition) is 3. The molecule has 1 aliphatic carbocycles. The van der Waals surface area contributed by atoms with Gasteiger partial charge in [-0.1, -0.05) is 25.7 Å². The summed E-state index contributed by atoms with van der Waals surface area (Å²) in [5.41, 5.74) is 6.25.